The summed E-state index contributed by atoms with van der Waals surface area (Å²) in [6.45, 7) is 9.78. The molecule has 1 aromatic rings. The number of hydrogen-bond acceptors (Lipinski definition) is 4. The molecule has 0 aliphatic carbocycles. The number of nitrogens with one attached hydrogen (secondary N) is 2. The Morgan fingerprint density at radius 2 is 2.21 bits per heavy atom. The molecule has 0 saturated heterocycles. The molecule has 1 amide bonds. The van der Waals surface area contributed by atoms with Crippen LogP contribution in [-0.4, -0.2) is 40.4 Å². The molecule has 1 aromatic heterocycles. The highest BCUT2D eigenvalue weighted by atomic mass is 16.6. The molecule has 0 aliphatic heterocycles. The van der Waals surface area contributed by atoms with Crippen molar-refractivity contribution in [3.05, 3.63) is 18.7 Å². The number of carbonyl (C=O) groups excluding carboxylic acids is 1. The van der Waals surface area contributed by atoms with Crippen molar-refractivity contribution in [2.75, 3.05) is 13.1 Å². The standard InChI is InChI=1S/C13H24N4O2/c1-11(9-16-12(18)19-13(2,3)4)15-6-8-17-7-5-14-10-17/h5,7,10-11,15H,6,8-9H2,1-4H3,(H,16,18). The maximum atomic E-state index is 11.5. The molecular weight excluding hydrogens is 244 g/mol. The van der Waals surface area contributed by atoms with Crippen LogP contribution in [0.25, 0.3) is 0 Å². The molecular formula is C13H24N4O2. The van der Waals surface area contributed by atoms with Gasteiger partial charge in [0.15, 0.2) is 0 Å². The van der Waals surface area contributed by atoms with E-state index in [1.165, 1.54) is 0 Å². The second kappa shape index (κ2) is 7.13. The van der Waals surface area contributed by atoms with Crippen molar-refractivity contribution in [2.24, 2.45) is 0 Å². The summed E-state index contributed by atoms with van der Waals surface area (Å²) in [6.07, 6.45) is 5.08. The van der Waals surface area contributed by atoms with Crippen LogP contribution < -0.4 is 10.6 Å². The average molecular weight is 268 g/mol. The summed E-state index contributed by atoms with van der Waals surface area (Å²) >= 11 is 0. The van der Waals surface area contributed by atoms with Crippen molar-refractivity contribution >= 4 is 6.09 Å². The lowest BCUT2D eigenvalue weighted by molar-refractivity contribution is 0.0523. The van der Waals surface area contributed by atoms with E-state index in [-0.39, 0.29) is 12.1 Å². The summed E-state index contributed by atoms with van der Waals surface area (Å²) in [4.78, 5) is 15.4. The number of carbonyl (C=O) groups is 1. The lowest BCUT2D eigenvalue weighted by Crippen LogP contribution is -2.42. The zero-order chi connectivity index (χ0) is 14.3. The summed E-state index contributed by atoms with van der Waals surface area (Å²) in [7, 11) is 0. The van der Waals surface area contributed by atoms with Gasteiger partial charge in [-0.3, -0.25) is 0 Å². The second-order valence-corrected chi connectivity index (χ2v) is 5.54. The van der Waals surface area contributed by atoms with Crippen LogP contribution >= 0.6 is 0 Å². The first-order valence-electron chi connectivity index (χ1n) is 6.53. The van der Waals surface area contributed by atoms with E-state index in [0.717, 1.165) is 13.1 Å². The first kappa shape index (κ1) is 15.5. The SMILES string of the molecule is CC(CNC(=O)OC(C)(C)C)NCCn1ccnc1. The van der Waals surface area contributed by atoms with E-state index < -0.39 is 5.60 Å². The van der Waals surface area contributed by atoms with Gasteiger partial charge in [0.2, 0.25) is 0 Å². The van der Waals surface area contributed by atoms with Crippen LogP contribution in [0.1, 0.15) is 27.7 Å². The largest absolute Gasteiger partial charge is 0.444 e. The first-order chi connectivity index (χ1) is 8.87. The average Bonchev–Trinajstić information content (AvgIpc) is 2.77. The fourth-order valence-corrected chi connectivity index (χ4v) is 1.48. The van der Waals surface area contributed by atoms with Crippen LogP contribution in [0.4, 0.5) is 4.79 Å². The molecule has 0 fully saturated rings. The predicted molar refractivity (Wildman–Crippen MR) is 73.9 cm³/mol. The van der Waals surface area contributed by atoms with Gasteiger partial charge in [0.25, 0.3) is 0 Å². The molecule has 1 heterocycles. The Labute approximate surface area is 114 Å². The summed E-state index contributed by atoms with van der Waals surface area (Å²) in [5, 5.41) is 6.06. The van der Waals surface area contributed by atoms with Crippen molar-refractivity contribution in [3.8, 4) is 0 Å². The van der Waals surface area contributed by atoms with Crippen LogP contribution in [-0.2, 0) is 11.3 Å². The normalized spacial score (nSPS) is 13.1. The smallest absolute Gasteiger partial charge is 0.407 e. The highest BCUT2D eigenvalue weighted by Crippen LogP contribution is 2.06. The van der Waals surface area contributed by atoms with E-state index >= 15 is 0 Å². The van der Waals surface area contributed by atoms with Gasteiger partial charge in [-0.05, 0) is 27.7 Å². The van der Waals surface area contributed by atoms with Crippen LogP contribution in [0.2, 0.25) is 0 Å². The third kappa shape index (κ3) is 7.46. The minimum atomic E-state index is -0.456. The molecule has 1 unspecified atom stereocenters. The Hall–Kier alpha value is -1.56. The van der Waals surface area contributed by atoms with Gasteiger partial charge < -0.3 is 19.9 Å². The molecule has 0 spiro atoms. The maximum Gasteiger partial charge on any atom is 0.407 e. The van der Waals surface area contributed by atoms with E-state index in [0.29, 0.717) is 6.54 Å². The number of rotatable bonds is 6. The Morgan fingerprint density at radius 3 is 2.79 bits per heavy atom. The summed E-state index contributed by atoms with van der Waals surface area (Å²) in [6, 6.07) is 0.191. The Bertz CT molecular complexity index is 370. The zero-order valence-corrected chi connectivity index (χ0v) is 12.1. The second-order valence-electron chi connectivity index (χ2n) is 5.54. The third-order valence-electron chi connectivity index (χ3n) is 2.37. The minimum absolute atomic E-state index is 0.191. The van der Waals surface area contributed by atoms with Crippen molar-refractivity contribution < 1.29 is 9.53 Å². The van der Waals surface area contributed by atoms with E-state index in [2.05, 4.69) is 15.6 Å². The van der Waals surface area contributed by atoms with Crippen LogP contribution in [0, 0.1) is 0 Å². The zero-order valence-electron chi connectivity index (χ0n) is 12.1. The van der Waals surface area contributed by atoms with Gasteiger partial charge in [0, 0.05) is 38.1 Å². The molecule has 0 aliphatic rings. The summed E-state index contributed by atoms with van der Waals surface area (Å²) < 4.78 is 7.16. The van der Waals surface area contributed by atoms with Gasteiger partial charge in [-0.2, -0.15) is 0 Å². The summed E-state index contributed by atoms with van der Waals surface area (Å²) in [5.74, 6) is 0. The topological polar surface area (TPSA) is 68.2 Å². The molecule has 0 bridgehead atoms. The number of hydrogen-bond donors (Lipinski definition) is 2. The molecule has 2 N–H and O–H groups in total. The van der Waals surface area contributed by atoms with E-state index in [1.807, 2.05) is 38.5 Å². The maximum absolute atomic E-state index is 11.5. The van der Waals surface area contributed by atoms with Crippen LogP contribution in [0.3, 0.4) is 0 Å². The van der Waals surface area contributed by atoms with E-state index in [1.54, 1.807) is 12.5 Å². The number of amides is 1. The highest BCUT2D eigenvalue weighted by Gasteiger charge is 2.16. The predicted octanol–water partition coefficient (Wildman–Crippen LogP) is 1.39. The van der Waals surface area contributed by atoms with Crippen LogP contribution in [0.5, 0.6) is 0 Å². The lowest BCUT2D eigenvalue weighted by Gasteiger charge is -2.21. The molecule has 6 nitrogen and oxygen atoms in total. The van der Waals surface area contributed by atoms with Gasteiger partial charge in [-0.25, -0.2) is 9.78 Å². The molecule has 0 saturated carbocycles. The fourth-order valence-electron chi connectivity index (χ4n) is 1.48. The van der Waals surface area contributed by atoms with Crippen molar-refractivity contribution in [2.45, 2.75) is 45.9 Å². The Balaban J connectivity index is 2.10. The number of nitrogens with zero attached hydrogens (tertiary/aromatic N) is 2. The minimum Gasteiger partial charge on any atom is -0.444 e. The molecule has 1 atom stereocenters. The molecule has 108 valence electrons. The highest BCUT2D eigenvalue weighted by molar-refractivity contribution is 5.67. The number of imidazole rings is 1. The number of alkyl carbamates (subject to hydrolysis) is 1. The Morgan fingerprint density at radius 1 is 1.47 bits per heavy atom. The molecule has 1 rings (SSSR count). The molecule has 0 aromatic carbocycles. The molecule has 6 heteroatoms. The van der Waals surface area contributed by atoms with Crippen molar-refractivity contribution in [3.63, 3.8) is 0 Å². The van der Waals surface area contributed by atoms with Gasteiger partial charge in [0.1, 0.15) is 5.60 Å². The number of ether oxygens (including phenoxy) is 1. The van der Waals surface area contributed by atoms with Gasteiger partial charge in [0.05, 0.1) is 6.33 Å². The molecule has 0 radical (unpaired) electrons. The van der Waals surface area contributed by atoms with Crippen molar-refractivity contribution in [1.29, 1.82) is 0 Å². The molecule has 19 heavy (non-hydrogen) atoms. The van der Waals surface area contributed by atoms with Gasteiger partial charge in [-0.15, -0.1) is 0 Å². The number of aromatic nitrogens is 2. The van der Waals surface area contributed by atoms with Crippen molar-refractivity contribution in [1.82, 2.24) is 20.2 Å². The van der Waals surface area contributed by atoms with Gasteiger partial charge >= 0.3 is 6.09 Å². The fraction of sp³-hybridized carbons (Fsp3) is 0.692. The third-order valence-corrected chi connectivity index (χ3v) is 2.37. The summed E-state index contributed by atoms with van der Waals surface area (Å²) in [5.41, 5.74) is -0.456. The first-order valence-corrected chi connectivity index (χ1v) is 6.53. The van der Waals surface area contributed by atoms with E-state index in [4.69, 9.17) is 4.74 Å². The van der Waals surface area contributed by atoms with Gasteiger partial charge in [-0.1, -0.05) is 0 Å². The Kier molecular flexibility index (Phi) is 5.82. The van der Waals surface area contributed by atoms with E-state index in [9.17, 15) is 4.79 Å². The lowest BCUT2D eigenvalue weighted by atomic mass is 10.2. The quantitative estimate of drug-likeness (QED) is 0.818. The van der Waals surface area contributed by atoms with Crippen LogP contribution in [0.15, 0.2) is 18.7 Å². The monoisotopic (exact) mass is 268 g/mol.